The number of esters is 1. The number of amides is 1. The van der Waals surface area contributed by atoms with Gasteiger partial charge in [0.15, 0.2) is 0 Å². The summed E-state index contributed by atoms with van der Waals surface area (Å²) in [5.41, 5.74) is 4.94. The van der Waals surface area contributed by atoms with Crippen LogP contribution in [-0.4, -0.2) is 24.0 Å². The Labute approximate surface area is 202 Å². The quantitative estimate of drug-likeness (QED) is 0.328. The minimum atomic E-state index is -0.360. The fraction of sp³-hybridized carbons (Fsp3) is 0.269. The molecule has 3 rings (SSSR count). The Morgan fingerprint density at radius 2 is 1.82 bits per heavy atom. The van der Waals surface area contributed by atoms with Crippen LogP contribution in [0.3, 0.4) is 0 Å². The number of nitrogens with one attached hydrogen (secondary N) is 2. The summed E-state index contributed by atoms with van der Waals surface area (Å²) in [6.45, 7) is 4.54. The second kappa shape index (κ2) is 11.6. The van der Waals surface area contributed by atoms with Gasteiger partial charge in [-0.1, -0.05) is 55.8 Å². The number of ether oxygens (including phenoxy) is 1. The van der Waals surface area contributed by atoms with Gasteiger partial charge in [0.2, 0.25) is 5.91 Å². The van der Waals surface area contributed by atoms with Crippen LogP contribution in [0.15, 0.2) is 59.2 Å². The highest BCUT2D eigenvalue weighted by molar-refractivity contribution is 9.10. The van der Waals surface area contributed by atoms with Gasteiger partial charge in [0.25, 0.3) is 0 Å². The molecular weight excluding hydrogens is 482 g/mol. The van der Waals surface area contributed by atoms with Crippen molar-refractivity contribution in [3.63, 3.8) is 0 Å². The summed E-state index contributed by atoms with van der Waals surface area (Å²) in [5, 5.41) is 6.34. The Kier molecular flexibility index (Phi) is 8.60. The third kappa shape index (κ3) is 6.20. The number of unbranched alkanes of at least 4 members (excludes halogenated alkanes) is 1. The summed E-state index contributed by atoms with van der Waals surface area (Å²) in [5.74, 6) is 0.249. The van der Waals surface area contributed by atoms with Gasteiger partial charge in [-0.05, 0) is 57.6 Å². The molecule has 0 aliphatic carbocycles. The van der Waals surface area contributed by atoms with E-state index in [9.17, 15) is 9.59 Å². The number of rotatable bonds is 9. The lowest BCUT2D eigenvalue weighted by atomic mass is 9.98. The molecule has 3 aromatic rings. The summed E-state index contributed by atoms with van der Waals surface area (Å²) in [7, 11) is 1.38. The number of benzene rings is 2. The molecule has 1 heterocycles. The van der Waals surface area contributed by atoms with Crippen molar-refractivity contribution in [2.75, 3.05) is 17.7 Å². The van der Waals surface area contributed by atoms with Crippen molar-refractivity contribution >= 4 is 39.3 Å². The van der Waals surface area contributed by atoms with Crippen molar-refractivity contribution in [2.24, 2.45) is 0 Å². The Bertz CT molecular complexity index is 1130. The molecule has 0 saturated heterocycles. The number of carbonyl (C=O) groups excluding carboxylic acids is 2. The number of methoxy groups -OCH3 is 1. The van der Waals surface area contributed by atoms with Crippen molar-refractivity contribution in [3.05, 3.63) is 75.9 Å². The molecule has 0 aliphatic rings. The fourth-order valence-corrected chi connectivity index (χ4v) is 3.72. The van der Waals surface area contributed by atoms with Crippen LogP contribution in [0, 0.1) is 6.92 Å². The van der Waals surface area contributed by atoms with Crippen LogP contribution in [0.1, 0.15) is 47.7 Å². The van der Waals surface area contributed by atoms with Crippen LogP contribution >= 0.6 is 15.9 Å². The average Bonchev–Trinajstić information content (AvgIpc) is 2.85. The molecule has 0 atom stereocenters. The fourth-order valence-electron chi connectivity index (χ4n) is 3.42. The number of halogens is 1. The normalized spacial score (nSPS) is 10.5. The van der Waals surface area contributed by atoms with Gasteiger partial charge in [-0.2, -0.15) is 0 Å². The van der Waals surface area contributed by atoms with E-state index in [2.05, 4.69) is 38.5 Å². The number of hydrogen-bond donors (Lipinski definition) is 2. The van der Waals surface area contributed by atoms with E-state index in [0.29, 0.717) is 30.0 Å². The lowest BCUT2D eigenvalue weighted by molar-refractivity contribution is -0.116. The molecule has 172 valence electrons. The predicted octanol–water partition coefficient (Wildman–Crippen LogP) is 6.35. The van der Waals surface area contributed by atoms with E-state index in [-0.39, 0.29) is 11.9 Å². The first-order valence-electron chi connectivity index (χ1n) is 10.9. The standard InChI is InChI=1S/C26H28BrN3O3/c1-4-5-10-23(31)30-24-17(2)22(27)16-29-25(24)28-15-18-11-13-19(14-12-18)20-8-6-7-9-21(20)26(32)33-3/h6-9,11-14,16H,4-5,10,15H2,1-3H3,(H,28,29)(H,30,31). The zero-order chi connectivity index (χ0) is 23.8. The molecular formula is C26H28BrN3O3. The minimum Gasteiger partial charge on any atom is -0.465 e. The molecule has 1 aromatic heterocycles. The lowest BCUT2D eigenvalue weighted by Gasteiger charge is -2.16. The molecule has 0 radical (unpaired) electrons. The summed E-state index contributed by atoms with van der Waals surface area (Å²) in [6.07, 6.45) is 4.03. The van der Waals surface area contributed by atoms with Crippen molar-refractivity contribution in [2.45, 2.75) is 39.7 Å². The molecule has 0 fully saturated rings. The molecule has 33 heavy (non-hydrogen) atoms. The van der Waals surface area contributed by atoms with E-state index < -0.39 is 0 Å². The molecule has 6 nitrogen and oxygen atoms in total. The molecule has 2 N–H and O–H groups in total. The third-order valence-electron chi connectivity index (χ3n) is 5.36. The van der Waals surface area contributed by atoms with E-state index in [0.717, 1.165) is 39.6 Å². The van der Waals surface area contributed by atoms with Gasteiger partial charge in [0.1, 0.15) is 5.82 Å². The van der Waals surface area contributed by atoms with Crippen molar-refractivity contribution in [1.82, 2.24) is 4.98 Å². The Balaban J connectivity index is 1.76. The highest BCUT2D eigenvalue weighted by Gasteiger charge is 2.14. The van der Waals surface area contributed by atoms with Gasteiger partial charge in [0.05, 0.1) is 18.4 Å². The van der Waals surface area contributed by atoms with Gasteiger partial charge in [-0.3, -0.25) is 4.79 Å². The Morgan fingerprint density at radius 3 is 2.52 bits per heavy atom. The smallest absolute Gasteiger partial charge is 0.338 e. The van der Waals surface area contributed by atoms with Crippen LogP contribution in [0.25, 0.3) is 11.1 Å². The topological polar surface area (TPSA) is 80.3 Å². The highest BCUT2D eigenvalue weighted by atomic mass is 79.9. The van der Waals surface area contributed by atoms with Crippen molar-refractivity contribution in [1.29, 1.82) is 0 Å². The molecule has 0 unspecified atom stereocenters. The van der Waals surface area contributed by atoms with E-state index in [1.54, 1.807) is 12.3 Å². The molecule has 0 bridgehead atoms. The zero-order valence-electron chi connectivity index (χ0n) is 19.1. The Morgan fingerprint density at radius 1 is 1.09 bits per heavy atom. The highest BCUT2D eigenvalue weighted by Crippen LogP contribution is 2.30. The van der Waals surface area contributed by atoms with Gasteiger partial charge >= 0.3 is 5.97 Å². The number of nitrogens with zero attached hydrogens (tertiary/aromatic N) is 1. The average molecular weight is 510 g/mol. The molecule has 2 aromatic carbocycles. The van der Waals surface area contributed by atoms with Crippen molar-refractivity contribution < 1.29 is 14.3 Å². The number of aromatic nitrogens is 1. The predicted molar refractivity (Wildman–Crippen MR) is 135 cm³/mol. The summed E-state index contributed by atoms with van der Waals surface area (Å²) < 4.78 is 5.74. The first-order chi connectivity index (χ1) is 15.9. The first-order valence-corrected chi connectivity index (χ1v) is 11.7. The van der Waals surface area contributed by atoms with Crippen LogP contribution in [-0.2, 0) is 16.1 Å². The molecule has 0 aliphatic heterocycles. The molecule has 0 saturated carbocycles. The second-order valence-electron chi connectivity index (χ2n) is 7.69. The van der Waals surface area contributed by atoms with Crippen LogP contribution in [0.4, 0.5) is 11.5 Å². The van der Waals surface area contributed by atoms with Crippen molar-refractivity contribution in [3.8, 4) is 11.1 Å². The summed E-state index contributed by atoms with van der Waals surface area (Å²) in [6, 6.07) is 15.3. The van der Waals surface area contributed by atoms with E-state index >= 15 is 0 Å². The maximum absolute atomic E-state index is 12.3. The van der Waals surface area contributed by atoms with Gasteiger partial charge < -0.3 is 15.4 Å². The Hall–Kier alpha value is -3.19. The van der Waals surface area contributed by atoms with Gasteiger partial charge in [-0.25, -0.2) is 9.78 Å². The SMILES string of the molecule is CCCCC(=O)Nc1c(NCc2ccc(-c3ccccc3C(=O)OC)cc2)ncc(Br)c1C. The lowest BCUT2D eigenvalue weighted by Crippen LogP contribution is -2.15. The largest absolute Gasteiger partial charge is 0.465 e. The van der Waals surface area contributed by atoms with Gasteiger partial charge in [-0.15, -0.1) is 0 Å². The first kappa shape index (κ1) is 24.5. The maximum atomic E-state index is 12.3. The number of hydrogen-bond acceptors (Lipinski definition) is 5. The van der Waals surface area contributed by atoms with Crippen LogP contribution in [0.5, 0.6) is 0 Å². The maximum Gasteiger partial charge on any atom is 0.338 e. The van der Waals surface area contributed by atoms with E-state index in [4.69, 9.17) is 4.74 Å². The summed E-state index contributed by atoms with van der Waals surface area (Å²) >= 11 is 3.50. The van der Waals surface area contributed by atoms with Gasteiger partial charge in [0, 0.05) is 23.6 Å². The monoisotopic (exact) mass is 509 g/mol. The second-order valence-corrected chi connectivity index (χ2v) is 8.55. The molecule has 7 heteroatoms. The zero-order valence-corrected chi connectivity index (χ0v) is 20.7. The van der Waals surface area contributed by atoms with Crippen LogP contribution < -0.4 is 10.6 Å². The molecule has 1 amide bonds. The van der Waals surface area contributed by atoms with E-state index in [1.165, 1.54) is 7.11 Å². The number of pyridine rings is 1. The van der Waals surface area contributed by atoms with E-state index in [1.807, 2.05) is 49.4 Å². The molecule has 0 spiro atoms. The minimum absolute atomic E-state index is 0.0171. The van der Waals surface area contributed by atoms with Crippen LogP contribution in [0.2, 0.25) is 0 Å². The number of anilines is 2. The number of carbonyl (C=O) groups is 2. The summed E-state index contributed by atoms with van der Waals surface area (Å²) in [4.78, 5) is 28.9. The third-order valence-corrected chi connectivity index (χ3v) is 6.16.